The van der Waals surface area contributed by atoms with E-state index in [0.717, 1.165) is 32.2 Å². The van der Waals surface area contributed by atoms with Crippen molar-refractivity contribution in [2.45, 2.75) is 31.7 Å². The molecule has 1 heterocycles. The number of nitrogens with zero attached hydrogens (tertiary/aromatic N) is 1. The average Bonchev–Trinajstić information content (AvgIpc) is 2.27. The fourth-order valence-electron chi connectivity index (χ4n) is 1.72. The van der Waals surface area contributed by atoms with Crippen molar-refractivity contribution in [2.75, 3.05) is 6.54 Å². The smallest absolute Gasteiger partial charge is 0.189 e. The molecular formula is C8H17N5. The Morgan fingerprint density at radius 3 is 2.38 bits per heavy atom. The van der Waals surface area contributed by atoms with E-state index in [1.165, 1.54) is 0 Å². The van der Waals surface area contributed by atoms with Crippen LogP contribution in [0.1, 0.15) is 25.7 Å². The highest BCUT2D eigenvalue weighted by atomic mass is 15.3. The summed E-state index contributed by atoms with van der Waals surface area (Å²) in [5.74, 6) is 0.152. The molecule has 0 amide bonds. The summed E-state index contributed by atoms with van der Waals surface area (Å²) in [6, 6.07) is -0.153. The van der Waals surface area contributed by atoms with E-state index in [2.05, 4.69) is 0 Å². The van der Waals surface area contributed by atoms with Crippen LogP contribution in [0.3, 0.4) is 0 Å². The Bertz CT molecular complexity index is 191. The molecule has 1 rings (SSSR count). The first-order chi connectivity index (χ1) is 6.13. The fraction of sp³-hybridized carbons (Fsp3) is 0.750. The first-order valence-corrected chi connectivity index (χ1v) is 4.57. The van der Waals surface area contributed by atoms with Crippen LogP contribution in [0.4, 0.5) is 0 Å². The van der Waals surface area contributed by atoms with Crippen molar-refractivity contribution in [1.82, 2.24) is 4.90 Å². The summed E-state index contributed by atoms with van der Waals surface area (Å²) in [6.07, 6.45) is 4.07. The summed E-state index contributed by atoms with van der Waals surface area (Å²) in [4.78, 5) is 1.72. The molecule has 0 aromatic carbocycles. The Morgan fingerprint density at radius 1 is 1.15 bits per heavy atom. The first kappa shape index (κ1) is 9.83. The maximum atomic E-state index is 7.39. The van der Waals surface area contributed by atoms with Gasteiger partial charge in [-0.15, -0.1) is 0 Å². The monoisotopic (exact) mass is 183 g/mol. The molecule has 0 aliphatic carbocycles. The van der Waals surface area contributed by atoms with Crippen molar-refractivity contribution >= 4 is 11.8 Å². The van der Waals surface area contributed by atoms with Gasteiger partial charge in [0.2, 0.25) is 0 Å². The summed E-state index contributed by atoms with van der Waals surface area (Å²) in [7, 11) is 0. The quantitative estimate of drug-likeness (QED) is 0.341. The summed E-state index contributed by atoms with van der Waals surface area (Å²) < 4.78 is 0. The number of nitrogens with two attached hydrogens (primary N) is 2. The Morgan fingerprint density at radius 2 is 1.85 bits per heavy atom. The lowest BCUT2D eigenvalue weighted by atomic mass is 10.1. The van der Waals surface area contributed by atoms with Crippen molar-refractivity contribution in [2.24, 2.45) is 11.5 Å². The normalized spacial score (nSPS) is 23.7. The van der Waals surface area contributed by atoms with Crippen molar-refractivity contribution in [3.63, 3.8) is 0 Å². The van der Waals surface area contributed by atoms with Crippen LogP contribution < -0.4 is 11.5 Å². The highest BCUT2D eigenvalue weighted by Gasteiger charge is 2.23. The molecule has 1 aliphatic rings. The van der Waals surface area contributed by atoms with E-state index in [1.54, 1.807) is 4.90 Å². The molecule has 0 aromatic heterocycles. The summed E-state index contributed by atoms with van der Waals surface area (Å²) in [5, 5.41) is 14.8. The van der Waals surface area contributed by atoms with Gasteiger partial charge in [0.25, 0.3) is 0 Å². The van der Waals surface area contributed by atoms with Crippen LogP contribution in [0, 0.1) is 10.8 Å². The predicted octanol–water partition coefficient (Wildman–Crippen LogP) is 0.0604. The van der Waals surface area contributed by atoms with Crippen molar-refractivity contribution < 1.29 is 0 Å². The largest absolute Gasteiger partial charge is 0.386 e. The van der Waals surface area contributed by atoms with Gasteiger partial charge < -0.3 is 16.4 Å². The second-order valence-corrected chi connectivity index (χ2v) is 3.40. The average molecular weight is 183 g/mol. The lowest BCUT2D eigenvalue weighted by molar-refractivity contribution is 0.374. The third kappa shape index (κ3) is 2.34. The molecule has 0 saturated carbocycles. The lowest BCUT2D eigenvalue weighted by Gasteiger charge is -2.28. The van der Waals surface area contributed by atoms with Gasteiger partial charge in [0.05, 0.1) is 6.04 Å². The molecular weight excluding hydrogens is 166 g/mol. The van der Waals surface area contributed by atoms with E-state index < -0.39 is 0 Å². The Kier molecular flexibility index (Phi) is 3.11. The van der Waals surface area contributed by atoms with E-state index in [4.69, 9.17) is 22.3 Å². The van der Waals surface area contributed by atoms with Gasteiger partial charge in [-0.25, -0.2) is 0 Å². The van der Waals surface area contributed by atoms with Gasteiger partial charge in [-0.2, -0.15) is 0 Å². The van der Waals surface area contributed by atoms with E-state index in [1.807, 2.05) is 0 Å². The number of guanidine groups is 1. The van der Waals surface area contributed by atoms with E-state index >= 15 is 0 Å². The molecule has 5 heteroatoms. The number of hydrogen-bond donors (Lipinski definition) is 4. The van der Waals surface area contributed by atoms with E-state index in [0.29, 0.717) is 0 Å². The lowest BCUT2D eigenvalue weighted by Crippen LogP contribution is -2.49. The third-order valence-electron chi connectivity index (χ3n) is 2.42. The van der Waals surface area contributed by atoms with E-state index in [-0.39, 0.29) is 17.8 Å². The van der Waals surface area contributed by atoms with Crippen molar-refractivity contribution in [1.29, 1.82) is 10.8 Å². The van der Waals surface area contributed by atoms with E-state index in [9.17, 15) is 0 Å². The minimum Gasteiger partial charge on any atom is -0.386 e. The zero-order chi connectivity index (χ0) is 9.84. The Balaban J connectivity index is 2.72. The molecule has 0 spiro atoms. The van der Waals surface area contributed by atoms with Gasteiger partial charge in [-0.05, 0) is 12.8 Å². The second-order valence-electron chi connectivity index (χ2n) is 3.40. The number of rotatable bonds is 1. The summed E-state index contributed by atoms with van der Waals surface area (Å²) >= 11 is 0. The molecule has 5 nitrogen and oxygen atoms in total. The van der Waals surface area contributed by atoms with Crippen LogP contribution in [0.2, 0.25) is 0 Å². The maximum Gasteiger partial charge on any atom is 0.189 e. The third-order valence-corrected chi connectivity index (χ3v) is 2.42. The molecule has 6 N–H and O–H groups in total. The molecule has 74 valence electrons. The van der Waals surface area contributed by atoms with Gasteiger partial charge in [0, 0.05) is 6.54 Å². The highest BCUT2D eigenvalue weighted by molar-refractivity contribution is 5.87. The molecule has 1 fully saturated rings. The van der Waals surface area contributed by atoms with Crippen LogP contribution in [0.15, 0.2) is 0 Å². The predicted molar refractivity (Wildman–Crippen MR) is 52.8 cm³/mol. The molecule has 1 saturated heterocycles. The number of hydrogen-bond acceptors (Lipinski definition) is 2. The molecule has 0 bridgehead atoms. The number of likely N-dealkylation sites (tertiary alicyclic amines) is 1. The molecule has 1 unspecified atom stereocenters. The minimum atomic E-state index is -0.153. The number of nitrogens with one attached hydrogen (secondary N) is 2. The summed E-state index contributed by atoms with van der Waals surface area (Å²) in [5.41, 5.74) is 10.9. The van der Waals surface area contributed by atoms with Gasteiger partial charge >= 0.3 is 0 Å². The zero-order valence-electron chi connectivity index (χ0n) is 7.71. The van der Waals surface area contributed by atoms with Crippen molar-refractivity contribution in [3.05, 3.63) is 0 Å². The van der Waals surface area contributed by atoms with Gasteiger partial charge in [-0.3, -0.25) is 10.8 Å². The standard InChI is InChI=1S/C8H17N5/c9-7(10)6-4-2-1-3-5-13(6)8(11)12/h6H,1-5H2,(H3,9,10)(H3,11,12). The minimum absolute atomic E-state index is 0.0297. The summed E-state index contributed by atoms with van der Waals surface area (Å²) in [6.45, 7) is 0.750. The van der Waals surface area contributed by atoms with Gasteiger partial charge in [0.15, 0.2) is 5.96 Å². The molecule has 1 atom stereocenters. The van der Waals surface area contributed by atoms with Crippen LogP contribution >= 0.6 is 0 Å². The van der Waals surface area contributed by atoms with Gasteiger partial charge in [-0.1, -0.05) is 12.8 Å². The van der Waals surface area contributed by atoms with Crippen LogP contribution in [0.25, 0.3) is 0 Å². The molecule has 0 aromatic rings. The molecule has 0 radical (unpaired) electrons. The Labute approximate surface area is 78.1 Å². The van der Waals surface area contributed by atoms with Gasteiger partial charge in [0.1, 0.15) is 5.84 Å². The molecule has 13 heavy (non-hydrogen) atoms. The van der Waals surface area contributed by atoms with Crippen LogP contribution in [0.5, 0.6) is 0 Å². The first-order valence-electron chi connectivity index (χ1n) is 4.57. The fourth-order valence-corrected chi connectivity index (χ4v) is 1.72. The second kappa shape index (κ2) is 4.11. The van der Waals surface area contributed by atoms with Crippen LogP contribution in [-0.2, 0) is 0 Å². The topological polar surface area (TPSA) is 103 Å². The number of amidine groups is 1. The maximum absolute atomic E-state index is 7.39. The van der Waals surface area contributed by atoms with Crippen LogP contribution in [-0.4, -0.2) is 29.3 Å². The highest BCUT2D eigenvalue weighted by Crippen LogP contribution is 2.15. The SMILES string of the molecule is N=C(N)C1CCCCCN1C(=N)N. The zero-order valence-corrected chi connectivity index (χ0v) is 7.71. The Hall–Kier alpha value is -1.26. The molecule has 1 aliphatic heterocycles. The van der Waals surface area contributed by atoms with Crippen molar-refractivity contribution in [3.8, 4) is 0 Å².